The van der Waals surface area contributed by atoms with Gasteiger partial charge in [0.15, 0.2) is 13.1 Å². The van der Waals surface area contributed by atoms with E-state index in [4.69, 9.17) is 0 Å². The summed E-state index contributed by atoms with van der Waals surface area (Å²) >= 11 is 0. The van der Waals surface area contributed by atoms with Crippen molar-refractivity contribution in [2.45, 2.75) is 275 Å². The zero-order chi connectivity index (χ0) is 59.0. The molecular formula is C59H109N8O10+. The Labute approximate surface area is 463 Å². The molecule has 5 rings (SSSR count). The second-order valence-corrected chi connectivity index (χ2v) is 32.1. The predicted molar refractivity (Wildman–Crippen MR) is 302 cm³/mol. The highest BCUT2D eigenvalue weighted by atomic mass is 16.4. The van der Waals surface area contributed by atoms with E-state index in [0.717, 1.165) is 0 Å². The number of hydrogen-bond acceptors (Lipinski definition) is 12. The molecule has 11 N–H and O–H groups in total. The van der Waals surface area contributed by atoms with Gasteiger partial charge in [0.25, 0.3) is 0 Å². The van der Waals surface area contributed by atoms with Crippen LogP contribution >= 0.6 is 0 Å². The Balaban J connectivity index is 2.40. The third-order valence-electron chi connectivity index (χ3n) is 18.7. The molecule has 1 unspecified atom stereocenters. The lowest BCUT2D eigenvalue weighted by Gasteiger charge is -2.77. The molecule has 0 aromatic heterocycles. The van der Waals surface area contributed by atoms with E-state index >= 15 is 9.59 Å². The summed E-state index contributed by atoms with van der Waals surface area (Å²) in [5, 5.41) is 81.6. The molecule has 1 atom stereocenters. The summed E-state index contributed by atoms with van der Waals surface area (Å²) in [6, 6.07) is -0.939. The summed E-state index contributed by atoms with van der Waals surface area (Å²) in [6.07, 6.45) is 4.25. The average molecular weight is 1090 g/mol. The summed E-state index contributed by atoms with van der Waals surface area (Å²) in [7, 11) is 0. The molecule has 0 aromatic carbocycles. The molecule has 0 aliphatic carbocycles. The fourth-order valence-electron chi connectivity index (χ4n) is 20.1. The Bertz CT molecular complexity index is 2010. The summed E-state index contributed by atoms with van der Waals surface area (Å²) in [5.41, 5.74) is -9.77. The van der Waals surface area contributed by atoms with Crippen LogP contribution in [0.15, 0.2) is 0 Å². The van der Waals surface area contributed by atoms with Crippen molar-refractivity contribution in [2.24, 2.45) is 29.6 Å². The Morgan fingerprint density at radius 1 is 0.429 bits per heavy atom. The highest BCUT2D eigenvalue weighted by Gasteiger charge is 2.81. The van der Waals surface area contributed by atoms with E-state index in [1.807, 2.05) is 0 Å². The summed E-state index contributed by atoms with van der Waals surface area (Å²) < 4.78 is -0.583. The van der Waals surface area contributed by atoms with Crippen LogP contribution in [0.1, 0.15) is 203 Å². The van der Waals surface area contributed by atoms with Crippen LogP contribution in [0.2, 0.25) is 0 Å². The maximum absolute atomic E-state index is 15.2. The summed E-state index contributed by atoms with van der Waals surface area (Å²) in [6.45, 7) is 39.4. The first-order valence-electron chi connectivity index (χ1n) is 28.8. The molecule has 0 bridgehead atoms. The van der Waals surface area contributed by atoms with Crippen LogP contribution in [-0.2, 0) is 24.0 Å². The lowest BCUT2D eigenvalue weighted by atomic mass is 9.41. The van der Waals surface area contributed by atoms with E-state index in [-0.39, 0.29) is 6.54 Å². The lowest BCUT2D eigenvalue weighted by Crippen LogP contribution is -2.93. The van der Waals surface area contributed by atoms with Crippen molar-refractivity contribution >= 4 is 29.8 Å². The van der Waals surface area contributed by atoms with Gasteiger partial charge in [-0.3, -0.25) is 23.8 Å². The quantitative estimate of drug-likeness (QED) is 0.0531. The van der Waals surface area contributed by atoms with E-state index in [9.17, 15) is 39.9 Å². The summed E-state index contributed by atoms with van der Waals surface area (Å²) in [4.78, 5) is 73.8. The Morgan fingerprint density at radius 3 is 0.935 bits per heavy atom. The standard InChI is InChI=1S/C59H108N8O10/c1-48(2)21-37(22-49(3,4)61-48)42(31-60-32-43(68)69)67(35-46(74)75,36-47(76)77)59(40-27-54(13,14)64-55(15,16)28-40,41-29-56(17,18)65-57(19,20)30-41)58(66(33-44(70)71)34-45(72)73,38-23-50(5,6)62-51(7,8)24-38)39-25-52(9,10)63-53(11,12)26-39/h37-42,60-65H,21-36H2,1-20H3,(H4-,68,69,70,71,72,73,74,75,76,77)/p+1. The third kappa shape index (κ3) is 14.6. The zero-order valence-electron chi connectivity index (χ0n) is 51.4. The SMILES string of the molecule is CC1(C)CC(C(CNCC(=O)O)[N+](CC(=O)O)(CC(=O)O)C(C2CC(C)(C)NC(C)(C)C2)(C2CC(C)(C)NC(C)(C)C2)C(C2CC(C)(C)NC(C)(C)C2)(C2CC(C)(C)NC(C)(C)C2)N(CC(=O)O)CC(=O)O)CC(C)(C)N1. The van der Waals surface area contributed by atoms with E-state index in [0.29, 0.717) is 64.2 Å². The maximum atomic E-state index is 15.2. The summed E-state index contributed by atoms with van der Waals surface area (Å²) in [5.74, 6) is -8.91. The number of hydrogen-bond donors (Lipinski definition) is 11. The number of quaternary nitrogens is 1. The molecule has 0 saturated carbocycles. The van der Waals surface area contributed by atoms with Gasteiger partial charge >= 0.3 is 29.8 Å². The van der Waals surface area contributed by atoms with Crippen LogP contribution in [0.25, 0.3) is 0 Å². The van der Waals surface area contributed by atoms with Crippen molar-refractivity contribution in [2.75, 3.05) is 39.3 Å². The molecule has 0 aromatic rings. The van der Waals surface area contributed by atoms with Gasteiger partial charge in [-0.1, -0.05) is 0 Å². The number of nitrogens with zero attached hydrogens (tertiary/aromatic N) is 2. The first kappa shape index (κ1) is 64.8. The molecule has 5 aliphatic heterocycles. The lowest BCUT2D eigenvalue weighted by molar-refractivity contribution is -1.00. The van der Waals surface area contributed by atoms with E-state index in [1.54, 1.807) is 4.90 Å². The molecule has 18 nitrogen and oxygen atoms in total. The molecule has 0 amide bonds. The number of rotatable bonds is 21. The largest absolute Gasteiger partial charge is 0.480 e. The second-order valence-electron chi connectivity index (χ2n) is 32.1. The van der Waals surface area contributed by atoms with Gasteiger partial charge < -0.3 is 57.4 Å². The van der Waals surface area contributed by atoms with Gasteiger partial charge in [0, 0.05) is 79.7 Å². The predicted octanol–water partition coefficient (Wildman–Crippen LogP) is 6.75. The molecule has 18 heteroatoms. The monoisotopic (exact) mass is 1090 g/mol. The van der Waals surface area contributed by atoms with Crippen LogP contribution in [0, 0.1) is 29.6 Å². The van der Waals surface area contributed by atoms with E-state index in [1.165, 1.54) is 0 Å². The van der Waals surface area contributed by atoms with Crippen molar-refractivity contribution in [3.05, 3.63) is 0 Å². The van der Waals surface area contributed by atoms with Gasteiger partial charge in [-0.25, -0.2) is 9.59 Å². The number of aliphatic carboxylic acids is 5. The van der Waals surface area contributed by atoms with E-state index < -0.39 is 169 Å². The number of nitrogens with one attached hydrogen (secondary N) is 6. The number of carboxylic acid groups (broad SMARTS) is 5. The van der Waals surface area contributed by atoms with Crippen molar-refractivity contribution < 1.29 is 54.0 Å². The van der Waals surface area contributed by atoms with Crippen molar-refractivity contribution in [3.63, 3.8) is 0 Å². The third-order valence-corrected chi connectivity index (χ3v) is 18.7. The smallest absolute Gasteiger partial charge is 0.359 e. The van der Waals surface area contributed by atoms with Crippen LogP contribution in [-0.4, -0.2) is 177 Å². The molecule has 5 aliphatic rings. The molecule has 0 spiro atoms. The molecule has 5 heterocycles. The van der Waals surface area contributed by atoms with Crippen LogP contribution in [0.3, 0.4) is 0 Å². The molecule has 77 heavy (non-hydrogen) atoms. The first-order chi connectivity index (χ1) is 34.5. The van der Waals surface area contributed by atoms with Crippen molar-refractivity contribution in [3.8, 4) is 0 Å². The second kappa shape index (κ2) is 21.4. The topological polar surface area (TPSA) is 262 Å². The first-order valence-corrected chi connectivity index (χ1v) is 28.8. The van der Waals surface area contributed by atoms with Gasteiger partial charge in [-0.2, -0.15) is 0 Å². The fraction of sp³-hybridized carbons (Fsp3) is 0.915. The molecular weight excluding hydrogens is 981 g/mol. The minimum absolute atomic E-state index is 0.0820. The van der Waals surface area contributed by atoms with Crippen LogP contribution < -0.4 is 31.9 Å². The molecule has 5 fully saturated rings. The van der Waals surface area contributed by atoms with Gasteiger partial charge in [0.05, 0.1) is 25.2 Å². The Morgan fingerprint density at radius 2 is 0.688 bits per heavy atom. The van der Waals surface area contributed by atoms with Gasteiger partial charge in [-0.15, -0.1) is 0 Å². The van der Waals surface area contributed by atoms with Crippen molar-refractivity contribution in [1.29, 1.82) is 0 Å². The number of carboxylic acids is 5. The highest BCUT2D eigenvalue weighted by molar-refractivity contribution is 5.74. The minimum Gasteiger partial charge on any atom is -0.480 e. The van der Waals surface area contributed by atoms with Crippen LogP contribution in [0.4, 0.5) is 0 Å². The highest BCUT2D eigenvalue weighted by Crippen LogP contribution is 2.68. The van der Waals surface area contributed by atoms with E-state index in [2.05, 4.69) is 170 Å². The van der Waals surface area contributed by atoms with Gasteiger partial charge in [0.1, 0.15) is 11.6 Å². The fourth-order valence-corrected chi connectivity index (χ4v) is 20.1. The number of piperidine rings is 5. The normalized spacial score (nSPS) is 26.9. The zero-order valence-corrected chi connectivity index (χ0v) is 51.4. The van der Waals surface area contributed by atoms with Gasteiger partial charge in [0.2, 0.25) is 0 Å². The average Bonchev–Trinajstić information content (AvgIpc) is 3.10. The van der Waals surface area contributed by atoms with Crippen molar-refractivity contribution in [1.82, 2.24) is 36.8 Å². The molecule has 0 radical (unpaired) electrons. The number of carbonyl (C=O) groups is 5. The molecule has 5 saturated heterocycles. The minimum atomic E-state index is -1.67. The Hall–Kier alpha value is -2.97. The Kier molecular flexibility index (Phi) is 18.0. The van der Waals surface area contributed by atoms with Crippen LogP contribution in [0.5, 0.6) is 0 Å². The molecule has 444 valence electrons. The van der Waals surface area contributed by atoms with Gasteiger partial charge in [-0.05, 0) is 215 Å². The maximum Gasteiger partial charge on any atom is 0.359 e.